The van der Waals surface area contributed by atoms with E-state index in [2.05, 4.69) is 41.4 Å². The molecule has 1 atom stereocenters. The highest BCUT2D eigenvalue weighted by atomic mass is 127. The number of nitrogens with zero attached hydrogens (tertiary/aromatic N) is 2. The lowest BCUT2D eigenvalue weighted by atomic mass is 10.1. The fourth-order valence-corrected chi connectivity index (χ4v) is 1.98. The average Bonchev–Trinajstić information content (AvgIpc) is 2.46. The molecule has 0 radical (unpaired) electrons. The largest absolute Gasteiger partial charge is 0.357 e. The van der Waals surface area contributed by atoms with Gasteiger partial charge < -0.3 is 10.6 Å². The van der Waals surface area contributed by atoms with Crippen molar-refractivity contribution in [2.75, 3.05) is 6.54 Å². The predicted molar refractivity (Wildman–Crippen MR) is 101 cm³/mol. The molecule has 0 amide bonds. The quantitative estimate of drug-likeness (QED) is 0.301. The lowest BCUT2D eigenvalue weighted by Crippen LogP contribution is -2.42. The zero-order valence-electron chi connectivity index (χ0n) is 13.4. The molecule has 1 heterocycles. The van der Waals surface area contributed by atoms with E-state index in [0.29, 0.717) is 12.6 Å². The monoisotopic (exact) mass is 404 g/mol. The Labute approximate surface area is 146 Å². The number of aliphatic imine (C=N–C) groups is 1. The van der Waals surface area contributed by atoms with Gasteiger partial charge in [0.25, 0.3) is 0 Å². The first-order valence-corrected chi connectivity index (χ1v) is 7.71. The lowest BCUT2D eigenvalue weighted by molar-refractivity contribution is 0.546. The maximum Gasteiger partial charge on any atom is 0.191 e. The Morgan fingerprint density at radius 1 is 1.29 bits per heavy atom. The third kappa shape index (κ3) is 9.66. The van der Waals surface area contributed by atoms with Crippen molar-refractivity contribution in [2.45, 2.75) is 59.0 Å². The van der Waals surface area contributed by atoms with Gasteiger partial charge in [-0.3, -0.25) is 4.98 Å². The molecule has 0 aliphatic rings. The van der Waals surface area contributed by atoms with Crippen molar-refractivity contribution in [1.29, 1.82) is 0 Å². The fourth-order valence-electron chi connectivity index (χ4n) is 1.98. The standard InChI is InChI=1S/C16H28N4.HI/c1-4-6-7-10-14(3)20-16(17-5-2)19-13-15-11-8-9-12-18-15;/h8-9,11-12,14H,4-7,10,13H2,1-3H3,(H2,17,19,20);1H. The predicted octanol–water partition coefficient (Wildman–Crippen LogP) is 3.72. The molecule has 2 N–H and O–H groups in total. The van der Waals surface area contributed by atoms with Crippen LogP contribution >= 0.6 is 24.0 Å². The second-order valence-corrected chi connectivity index (χ2v) is 5.06. The van der Waals surface area contributed by atoms with Gasteiger partial charge in [0.1, 0.15) is 0 Å². The summed E-state index contributed by atoms with van der Waals surface area (Å²) in [6.07, 6.45) is 6.82. The lowest BCUT2D eigenvalue weighted by Gasteiger charge is -2.17. The normalized spacial score (nSPS) is 12.4. The van der Waals surface area contributed by atoms with Crippen molar-refractivity contribution < 1.29 is 0 Å². The molecular weight excluding hydrogens is 375 g/mol. The number of pyridine rings is 1. The van der Waals surface area contributed by atoms with Gasteiger partial charge in [0.15, 0.2) is 5.96 Å². The molecule has 0 saturated carbocycles. The minimum atomic E-state index is 0. The number of unbranched alkanes of at least 4 members (excludes halogenated alkanes) is 2. The van der Waals surface area contributed by atoms with Gasteiger partial charge in [-0.25, -0.2) is 4.99 Å². The summed E-state index contributed by atoms with van der Waals surface area (Å²) in [6, 6.07) is 6.36. The molecule has 1 aromatic rings. The van der Waals surface area contributed by atoms with E-state index in [9.17, 15) is 0 Å². The Balaban J connectivity index is 0.00000400. The van der Waals surface area contributed by atoms with E-state index in [1.165, 1.54) is 25.7 Å². The Bertz CT molecular complexity index is 381. The molecule has 5 heteroatoms. The number of hydrogen-bond acceptors (Lipinski definition) is 2. The number of aromatic nitrogens is 1. The average molecular weight is 404 g/mol. The Hall–Kier alpha value is -0.850. The van der Waals surface area contributed by atoms with E-state index >= 15 is 0 Å². The fraction of sp³-hybridized carbons (Fsp3) is 0.625. The van der Waals surface area contributed by atoms with Crippen LogP contribution < -0.4 is 10.6 Å². The van der Waals surface area contributed by atoms with Crippen LogP contribution in [0.15, 0.2) is 29.4 Å². The summed E-state index contributed by atoms with van der Waals surface area (Å²) in [5, 5.41) is 6.74. The van der Waals surface area contributed by atoms with Crippen molar-refractivity contribution in [3.8, 4) is 0 Å². The maximum absolute atomic E-state index is 4.58. The van der Waals surface area contributed by atoms with E-state index in [4.69, 9.17) is 0 Å². The summed E-state index contributed by atoms with van der Waals surface area (Å²) < 4.78 is 0. The Kier molecular flexibility index (Phi) is 12.3. The minimum Gasteiger partial charge on any atom is -0.357 e. The highest BCUT2D eigenvalue weighted by molar-refractivity contribution is 14.0. The maximum atomic E-state index is 4.58. The number of halogens is 1. The van der Waals surface area contributed by atoms with Crippen LogP contribution in [-0.2, 0) is 6.54 Å². The molecule has 21 heavy (non-hydrogen) atoms. The zero-order chi connectivity index (χ0) is 14.6. The van der Waals surface area contributed by atoms with Crippen LogP contribution in [0.2, 0.25) is 0 Å². The topological polar surface area (TPSA) is 49.3 Å². The van der Waals surface area contributed by atoms with Gasteiger partial charge in [0.05, 0.1) is 12.2 Å². The first-order valence-electron chi connectivity index (χ1n) is 7.71. The van der Waals surface area contributed by atoms with Gasteiger partial charge in [-0.15, -0.1) is 24.0 Å². The van der Waals surface area contributed by atoms with Crippen molar-refractivity contribution in [3.05, 3.63) is 30.1 Å². The minimum absolute atomic E-state index is 0. The molecule has 0 saturated heterocycles. The van der Waals surface area contributed by atoms with Crippen molar-refractivity contribution >= 4 is 29.9 Å². The summed E-state index contributed by atoms with van der Waals surface area (Å²) >= 11 is 0. The molecule has 1 rings (SSSR count). The van der Waals surface area contributed by atoms with Crippen LogP contribution in [0.5, 0.6) is 0 Å². The molecule has 1 unspecified atom stereocenters. The summed E-state index contributed by atoms with van der Waals surface area (Å²) in [6.45, 7) is 8.01. The molecule has 0 bridgehead atoms. The number of nitrogens with one attached hydrogen (secondary N) is 2. The van der Waals surface area contributed by atoms with Crippen LogP contribution in [0.1, 0.15) is 52.1 Å². The van der Waals surface area contributed by atoms with Gasteiger partial charge in [0.2, 0.25) is 0 Å². The van der Waals surface area contributed by atoms with E-state index < -0.39 is 0 Å². The van der Waals surface area contributed by atoms with Crippen LogP contribution in [0.4, 0.5) is 0 Å². The van der Waals surface area contributed by atoms with Gasteiger partial charge in [-0.2, -0.15) is 0 Å². The van der Waals surface area contributed by atoms with E-state index in [-0.39, 0.29) is 24.0 Å². The molecular formula is C16H29IN4. The van der Waals surface area contributed by atoms with Crippen molar-refractivity contribution in [2.24, 2.45) is 4.99 Å². The number of rotatable bonds is 8. The summed E-state index contributed by atoms with van der Waals surface area (Å²) in [5.41, 5.74) is 0.989. The van der Waals surface area contributed by atoms with E-state index in [1.807, 2.05) is 18.2 Å². The SMILES string of the molecule is CCCCCC(C)NC(=NCc1ccccn1)NCC.I. The third-order valence-corrected chi connectivity index (χ3v) is 3.09. The second kappa shape index (κ2) is 12.9. The second-order valence-electron chi connectivity index (χ2n) is 5.06. The van der Waals surface area contributed by atoms with Gasteiger partial charge in [-0.1, -0.05) is 32.3 Å². The number of guanidine groups is 1. The van der Waals surface area contributed by atoms with Gasteiger partial charge >= 0.3 is 0 Å². The van der Waals surface area contributed by atoms with Crippen LogP contribution in [-0.4, -0.2) is 23.5 Å². The molecule has 0 spiro atoms. The van der Waals surface area contributed by atoms with Crippen LogP contribution in [0, 0.1) is 0 Å². The van der Waals surface area contributed by atoms with E-state index in [1.54, 1.807) is 6.20 Å². The van der Waals surface area contributed by atoms with Crippen LogP contribution in [0.3, 0.4) is 0 Å². The third-order valence-electron chi connectivity index (χ3n) is 3.09. The summed E-state index contributed by atoms with van der Waals surface area (Å²) in [7, 11) is 0. The zero-order valence-corrected chi connectivity index (χ0v) is 15.8. The smallest absolute Gasteiger partial charge is 0.191 e. The van der Waals surface area contributed by atoms with Crippen LogP contribution in [0.25, 0.3) is 0 Å². The molecule has 0 aliphatic heterocycles. The molecule has 1 aromatic heterocycles. The molecule has 0 aromatic carbocycles. The van der Waals surface area contributed by atoms with Crippen molar-refractivity contribution in [1.82, 2.24) is 15.6 Å². The van der Waals surface area contributed by atoms with Crippen molar-refractivity contribution in [3.63, 3.8) is 0 Å². The van der Waals surface area contributed by atoms with Gasteiger partial charge in [-0.05, 0) is 32.4 Å². The molecule has 0 aliphatic carbocycles. The Morgan fingerprint density at radius 2 is 2.10 bits per heavy atom. The molecule has 120 valence electrons. The summed E-state index contributed by atoms with van der Waals surface area (Å²) in [5.74, 6) is 0.877. The molecule has 0 fully saturated rings. The highest BCUT2D eigenvalue weighted by Gasteiger charge is 2.04. The van der Waals surface area contributed by atoms with Gasteiger partial charge in [0, 0.05) is 18.8 Å². The number of hydrogen-bond donors (Lipinski definition) is 2. The first-order chi connectivity index (χ1) is 9.76. The highest BCUT2D eigenvalue weighted by Crippen LogP contribution is 2.03. The van der Waals surface area contributed by atoms with E-state index in [0.717, 1.165) is 18.2 Å². The first kappa shape index (κ1) is 20.1. The summed E-state index contributed by atoms with van der Waals surface area (Å²) in [4.78, 5) is 8.87. The Morgan fingerprint density at radius 3 is 2.71 bits per heavy atom. The molecule has 4 nitrogen and oxygen atoms in total.